The molecule has 1 atom stereocenters. The Kier molecular flexibility index (Phi) is 3.00. The van der Waals surface area contributed by atoms with E-state index in [1.165, 1.54) is 26.4 Å². The third kappa shape index (κ3) is 2.11. The van der Waals surface area contributed by atoms with Crippen molar-refractivity contribution in [2.75, 3.05) is 0 Å². The van der Waals surface area contributed by atoms with Gasteiger partial charge in [-0.15, -0.1) is 11.3 Å². The Bertz CT molecular complexity index is 583. The minimum absolute atomic E-state index is 0.610. The monoisotopic (exact) mass is 257 g/mol. The minimum atomic E-state index is 0.610. The molecule has 0 amide bonds. The van der Waals surface area contributed by atoms with Gasteiger partial charge >= 0.3 is 0 Å². The third-order valence-electron chi connectivity index (χ3n) is 3.69. The molecule has 0 radical (unpaired) electrons. The number of benzene rings is 1. The Labute approximate surface area is 113 Å². The van der Waals surface area contributed by atoms with Crippen LogP contribution < -0.4 is 5.32 Å². The van der Waals surface area contributed by atoms with Gasteiger partial charge in [-0.1, -0.05) is 23.8 Å². The van der Waals surface area contributed by atoms with Gasteiger partial charge in [-0.2, -0.15) is 0 Å². The lowest BCUT2D eigenvalue weighted by Gasteiger charge is -2.19. The fourth-order valence-corrected chi connectivity index (χ4v) is 3.82. The largest absolute Gasteiger partial charge is 0.309 e. The van der Waals surface area contributed by atoms with Gasteiger partial charge in [-0.25, -0.2) is 0 Å². The first-order valence-corrected chi connectivity index (χ1v) is 7.38. The number of thiophene rings is 1. The number of nitrogens with one attached hydrogen (secondary N) is 1. The predicted molar refractivity (Wildman–Crippen MR) is 79.2 cm³/mol. The van der Waals surface area contributed by atoms with Crippen molar-refractivity contribution in [1.82, 2.24) is 5.32 Å². The molecule has 1 aliphatic rings. The van der Waals surface area contributed by atoms with Crippen molar-refractivity contribution in [3.8, 4) is 10.4 Å². The van der Waals surface area contributed by atoms with Crippen LogP contribution in [-0.2, 0) is 13.0 Å². The first kappa shape index (κ1) is 11.9. The number of hydrogen-bond acceptors (Lipinski definition) is 2. The van der Waals surface area contributed by atoms with Crippen LogP contribution in [0, 0.1) is 13.8 Å². The average Bonchev–Trinajstić information content (AvgIpc) is 2.74. The molecule has 94 valence electrons. The number of fused-ring (bicyclic) bond motifs is 1. The molecule has 0 saturated heterocycles. The lowest BCUT2D eigenvalue weighted by atomic mass is 10.0. The van der Waals surface area contributed by atoms with Gasteiger partial charge in [0.2, 0.25) is 0 Å². The fraction of sp³-hybridized carbons (Fsp3) is 0.375. The highest BCUT2D eigenvalue weighted by atomic mass is 32.1. The molecule has 0 bridgehead atoms. The maximum Gasteiger partial charge on any atom is 0.0351 e. The van der Waals surface area contributed by atoms with Crippen LogP contribution in [0.2, 0.25) is 0 Å². The molecule has 1 aromatic heterocycles. The summed E-state index contributed by atoms with van der Waals surface area (Å²) in [6.45, 7) is 7.67. The van der Waals surface area contributed by atoms with Crippen molar-refractivity contribution >= 4 is 11.3 Å². The van der Waals surface area contributed by atoms with E-state index in [4.69, 9.17) is 0 Å². The van der Waals surface area contributed by atoms with Crippen LogP contribution >= 0.6 is 11.3 Å². The molecular formula is C16H19NS. The number of rotatable bonds is 1. The smallest absolute Gasteiger partial charge is 0.0351 e. The molecule has 1 aliphatic heterocycles. The first-order valence-electron chi connectivity index (χ1n) is 6.56. The van der Waals surface area contributed by atoms with Crippen LogP contribution in [0.25, 0.3) is 10.4 Å². The van der Waals surface area contributed by atoms with Crippen LogP contribution in [0.5, 0.6) is 0 Å². The van der Waals surface area contributed by atoms with Gasteiger partial charge in [0, 0.05) is 22.3 Å². The summed E-state index contributed by atoms with van der Waals surface area (Å²) in [6, 6.07) is 9.74. The molecule has 3 rings (SSSR count). The van der Waals surface area contributed by atoms with Gasteiger partial charge in [-0.05, 0) is 49.9 Å². The van der Waals surface area contributed by atoms with Gasteiger partial charge in [-0.3, -0.25) is 0 Å². The highest BCUT2D eigenvalue weighted by molar-refractivity contribution is 7.15. The molecule has 2 aromatic rings. The molecule has 1 nitrogen and oxygen atoms in total. The third-order valence-corrected chi connectivity index (χ3v) is 4.90. The minimum Gasteiger partial charge on any atom is -0.309 e. The SMILES string of the molecule is Cc1ccc(C)c(-c2cc3c(s2)CNC(C)C3)c1. The van der Waals surface area contributed by atoms with Crippen molar-refractivity contribution < 1.29 is 0 Å². The lowest BCUT2D eigenvalue weighted by Crippen LogP contribution is -2.31. The molecule has 0 aliphatic carbocycles. The predicted octanol–water partition coefficient (Wildman–Crippen LogP) is 4.07. The first-order chi connectivity index (χ1) is 8.63. The van der Waals surface area contributed by atoms with E-state index >= 15 is 0 Å². The van der Waals surface area contributed by atoms with Crippen LogP contribution in [0.4, 0.5) is 0 Å². The Morgan fingerprint density at radius 2 is 2.06 bits per heavy atom. The van der Waals surface area contributed by atoms with E-state index < -0.39 is 0 Å². The topological polar surface area (TPSA) is 12.0 Å². The zero-order valence-corrected chi connectivity index (χ0v) is 12.0. The summed E-state index contributed by atoms with van der Waals surface area (Å²) >= 11 is 1.95. The van der Waals surface area contributed by atoms with E-state index in [9.17, 15) is 0 Å². The maximum absolute atomic E-state index is 3.54. The van der Waals surface area contributed by atoms with Gasteiger partial charge in [0.15, 0.2) is 0 Å². The summed E-state index contributed by atoms with van der Waals surface area (Å²) in [6.07, 6.45) is 1.16. The molecule has 1 unspecified atom stereocenters. The van der Waals surface area contributed by atoms with Crippen molar-refractivity contribution in [2.24, 2.45) is 0 Å². The second kappa shape index (κ2) is 4.52. The summed E-state index contributed by atoms with van der Waals surface area (Å²) in [5.41, 5.74) is 5.66. The van der Waals surface area contributed by atoms with E-state index in [-0.39, 0.29) is 0 Å². The highest BCUT2D eigenvalue weighted by Crippen LogP contribution is 2.35. The quantitative estimate of drug-likeness (QED) is 0.812. The van der Waals surface area contributed by atoms with Gasteiger partial charge in [0.1, 0.15) is 0 Å². The van der Waals surface area contributed by atoms with Crippen molar-refractivity contribution in [3.05, 3.63) is 45.8 Å². The molecule has 2 heterocycles. The van der Waals surface area contributed by atoms with E-state index in [1.807, 2.05) is 11.3 Å². The summed E-state index contributed by atoms with van der Waals surface area (Å²) in [7, 11) is 0. The van der Waals surface area contributed by atoms with Gasteiger partial charge < -0.3 is 5.32 Å². The lowest BCUT2D eigenvalue weighted by molar-refractivity contribution is 0.520. The van der Waals surface area contributed by atoms with Crippen LogP contribution in [0.3, 0.4) is 0 Å². The summed E-state index contributed by atoms with van der Waals surface area (Å²) in [4.78, 5) is 2.95. The average molecular weight is 257 g/mol. The Morgan fingerprint density at radius 3 is 2.89 bits per heavy atom. The van der Waals surface area contributed by atoms with E-state index in [0.29, 0.717) is 6.04 Å². The molecule has 0 fully saturated rings. The molecule has 18 heavy (non-hydrogen) atoms. The van der Waals surface area contributed by atoms with Crippen LogP contribution in [0.15, 0.2) is 24.3 Å². The molecule has 2 heteroatoms. The zero-order chi connectivity index (χ0) is 12.7. The molecule has 0 saturated carbocycles. The molecular weight excluding hydrogens is 238 g/mol. The second-order valence-electron chi connectivity index (χ2n) is 5.36. The van der Waals surface area contributed by atoms with Gasteiger partial charge in [0.25, 0.3) is 0 Å². The Hall–Kier alpha value is -1.12. The summed E-state index contributed by atoms with van der Waals surface area (Å²) in [5, 5.41) is 3.54. The Balaban J connectivity index is 2.05. The fourth-order valence-electron chi connectivity index (χ4n) is 2.59. The van der Waals surface area contributed by atoms with Crippen molar-refractivity contribution in [3.63, 3.8) is 0 Å². The van der Waals surface area contributed by atoms with E-state index in [0.717, 1.165) is 13.0 Å². The van der Waals surface area contributed by atoms with E-state index in [2.05, 4.69) is 50.4 Å². The number of aryl methyl sites for hydroxylation is 2. The molecule has 0 spiro atoms. The van der Waals surface area contributed by atoms with Crippen LogP contribution in [-0.4, -0.2) is 6.04 Å². The molecule has 1 aromatic carbocycles. The highest BCUT2D eigenvalue weighted by Gasteiger charge is 2.18. The van der Waals surface area contributed by atoms with Gasteiger partial charge in [0.05, 0.1) is 0 Å². The van der Waals surface area contributed by atoms with Crippen molar-refractivity contribution in [1.29, 1.82) is 0 Å². The van der Waals surface area contributed by atoms with E-state index in [1.54, 1.807) is 5.56 Å². The Morgan fingerprint density at radius 1 is 1.22 bits per heavy atom. The second-order valence-corrected chi connectivity index (χ2v) is 6.50. The standard InChI is InChI=1S/C16H19NS/c1-10-4-5-11(2)14(6-10)15-8-13-7-12(3)17-9-16(13)18-15/h4-6,8,12,17H,7,9H2,1-3H3. The normalized spacial score (nSPS) is 18.7. The zero-order valence-electron chi connectivity index (χ0n) is 11.2. The van der Waals surface area contributed by atoms with Crippen molar-refractivity contribution in [2.45, 2.75) is 39.8 Å². The summed E-state index contributed by atoms with van der Waals surface area (Å²) < 4.78 is 0. The number of hydrogen-bond donors (Lipinski definition) is 1. The molecule has 1 N–H and O–H groups in total. The summed E-state index contributed by atoms with van der Waals surface area (Å²) in [5.74, 6) is 0. The maximum atomic E-state index is 3.54. The van der Waals surface area contributed by atoms with Crippen LogP contribution in [0.1, 0.15) is 28.5 Å².